The van der Waals surface area contributed by atoms with Crippen LogP contribution in [0.3, 0.4) is 0 Å². The fourth-order valence-electron chi connectivity index (χ4n) is 3.05. The maximum absolute atomic E-state index is 5.36. The summed E-state index contributed by atoms with van der Waals surface area (Å²) >= 11 is 0. The van der Waals surface area contributed by atoms with Gasteiger partial charge >= 0.3 is 0 Å². The zero-order valence-electron chi connectivity index (χ0n) is 15.4. The number of halogens is 1. The van der Waals surface area contributed by atoms with Crippen molar-refractivity contribution < 1.29 is 9.15 Å². The number of nitrogens with one attached hydrogen (secondary N) is 1. The summed E-state index contributed by atoms with van der Waals surface area (Å²) in [6.45, 7) is 4.67. The predicted octanol–water partition coefficient (Wildman–Crippen LogP) is 2.85. The first-order valence-electron chi connectivity index (χ1n) is 8.67. The number of methoxy groups -OCH3 is 1. The number of benzene rings is 1. The normalized spacial score (nSPS) is 14.8. The second-order valence-electron chi connectivity index (χ2n) is 5.98. The number of hydrogen-bond acceptors (Lipinski definition) is 4. The lowest BCUT2D eigenvalue weighted by Gasteiger charge is -2.37. The zero-order chi connectivity index (χ0) is 17.5. The Labute approximate surface area is 172 Å². The molecule has 0 unspecified atom stereocenters. The highest BCUT2D eigenvalue weighted by Crippen LogP contribution is 2.20. The minimum absolute atomic E-state index is 0. The van der Waals surface area contributed by atoms with E-state index in [1.807, 2.05) is 31.3 Å². The molecule has 0 atom stereocenters. The molecule has 1 saturated heterocycles. The van der Waals surface area contributed by atoms with Crippen molar-refractivity contribution >= 4 is 35.6 Å². The quantitative estimate of drug-likeness (QED) is 0.414. The van der Waals surface area contributed by atoms with Crippen molar-refractivity contribution in [1.82, 2.24) is 10.2 Å². The molecule has 142 valence electrons. The Morgan fingerprint density at radius 3 is 2.46 bits per heavy atom. The van der Waals surface area contributed by atoms with Crippen molar-refractivity contribution in [2.75, 3.05) is 51.8 Å². The molecule has 7 heteroatoms. The third-order valence-electron chi connectivity index (χ3n) is 4.46. The zero-order valence-corrected chi connectivity index (χ0v) is 17.7. The molecule has 26 heavy (non-hydrogen) atoms. The molecule has 1 aromatic heterocycles. The van der Waals surface area contributed by atoms with Gasteiger partial charge in [-0.15, -0.1) is 24.0 Å². The summed E-state index contributed by atoms with van der Waals surface area (Å²) in [5, 5.41) is 3.43. The van der Waals surface area contributed by atoms with Crippen LogP contribution >= 0.6 is 24.0 Å². The van der Waals surface area contributed by atoms with Crippen molar-refractivity contribution in [3.63, 3.8) is 0 Å². The number of aliphatic imine (C=N–C) groups is 1. The first-order valence-corrected chi connectivity index (χ1v) is 8.67. The smallest absolute Gasteiger partial charge is 0.193 e. The van der Waals surface area contributed by atoms with Gasteiger partial charge in [0.1, 0.15) is 11.5 Å². The van der Waals surface area contributed by atoms with Gasteiger partial charge in [0.2, 0.25) is 0 Å². The van der Waals surface area contributed by atoms with E-state index in [-0.39, 0.29) is 24.0 Å². The van der Waals surface area contributed by atoms with Crippen LogP contribution in [0.1, 0.15) is 5.76 Å². The molecule has 2 heterocycles. The van der Waals surface area contributed by atoms with Crippen LogP contribution in [0.2, 0.25) is 0 Å². The molecule has 0 amide bonds. The van der Waals surface area contributed by atoms with Gasteiger partial charge in [-0.25, -0.2) is 0 Å². The average Bonchev–Trinajstić information content (AvgIpc) is 3.19. The van der Waals surface area contributed by atoms with Gasteiger partial charge in [0, 0.05) is 51.9 Å². The molecule has 1 fully saturated rings. The number of rotatable bonds is 5. The maximum Gasteiger partial charge on any atom is 0.193 e. The molecule has 1 N–H and O–H groups in total. The van der Waals surface area contributed by atoms with E-state index >= 15 is 0 Å². The molecule has 1 aromatic carbocycles. The van der Waals surface area contributed by atoms with Gasteiger partial charge in [-0.1, -0.05) is 0 Å². The third kappa shape index (κ3) is 5.30. The second kappa shape index (κ2) is 10.3. The first kappa shape index (κ1) is 20.4. The number of guanidine groups is 1. The van der Waals surface area contributed by atoms with Gasteiger partial charge < -0.3 is 24.3 Å². The lowest BCUT2D eigenvalue weighted by Crippen LogP contribution is -2.52. The summed E-state index contributed by atoms with van der Waals surface area (Å²) in [4.78, 5) is 9.12. The summed E-state index contributed by atoms with van der Waals surface area (Å²) in [7, 11) is 3.53. The molecule has 0 saturated carbocycles. The Morgan fingerprint density at radius 1 is 1.15 bits per heavy atom. The molecule has 6 nitrogen and oxygen atoms in total. The van der Waals surface area contributed by atoms with E-state index in [2.05, 4.69) is 32.2 Å². The highest BCUT2D eigenvalue weighted by molar-refractivity contribution is 14.0. The van der Waals surface area contributed by atoms with Crippen molar-refractivity contribution in [2.45, 2.75) is 6.42 Å². The summed E-state index contributed by atoms with van der Waals surface area (Å²) in [5.41, 5.74) is 1.24. The topological polar surface area (TPSA) is 53.2 Å². The van der Waals surface area contributed by atoms with Gasteiger partial charge in [0.05, 0.1) is 13.4 Å². The van der Waals surface area contributed by atoms with E-state index in [9.17, 15) is 0 Å². The first-order chi connectivity index (χ1) is 12.3. The van der Waals surface area contributed by atoms with E-state index in [1.54, 1.807) is 13.4 Å². The number of ether oxygens (including phenoxy) is 1. The summed E-state index contributed by atoms with van der Waals surface area (Å²) in [5.74, 6) is 2.84. The van der Waals surface area contributed by atoms with Crippen LogP contribution in [-0.2, 0) is 6.42 Å². The Balaban J connectivity index is 0.00000243. The third-order valence-corrected chi connectivity index (χ3v) is 4.46. The summed E-state index contributed by atoms with van der Waals surface area (Å²) in [6, 6.07) is 12.2. The van der Waals surface area contributed by atoms with Crippen molar-refractivity contribution in [3.05, 3.63) is 48.4 Å². The maximum atomic E-state index is 5.36. The number of anilines is 1. The summed E-state index contributed by atoms with van der Waals surface area (Å²) < 4.78 is 10.6. The highest BCUT2D eigenvalue weighted by Gasteiger charge is 2.19. The number of hydrogen-bond donors (Lipinski definition) is 1. The Kier molecular flexibility index (Phi) is 8.08. The molecular formula is C19H27IN4O2. The van der Waals surface area contributed by atoms with Crippen molar-refractivity contribution in [3.8, 4) is 5.75 Å². The Hall–Kier alpha value is -1.90. The van der Waals surface area contributed by atoms with Crippen LogP contribution in [0.5, 0.6) is 5.75 Å². The summed E-state index contributed by atoms with van der Waals surface area (Å²) in [6.07, 6.45) is 2.57. The van der Waals surface area contributed by atoms with E-state index in [4.69, 9.17) is 9.15 Å². The number of piperazine rings is 1. The Morgan fingerprint density at radius 2 is 1.88 bits per heavy atom. The highest BCUT2D eigenvalue weighted by atomic mass is 127. The van der Waals surface area contributed by atoms with E-state index in [0.717, 1.165) is 56.6 Å². The molecule has 1 aliphatic heterocycles. The molecule has 0 spiro atoms. The van der Waals surface area contributed by atoms with Gasteiger partial charge in [0.25, 0.3) is 0 Å². The van der Waals surface area contributed by atoms with Gasteiger partial charge in [0.15, 0.2) is 5.96 Å². The molecule has 1 aliphatic rings. The van der Waals surface area contributed by atoms with Gasteiger partial charge in [-0.05, 0) is 36.4 Å². The van der Waals surface area contributed by atoms with E-state index in [0.29, 0.717) is 0 Å². The molecular weight excluding hydrogens is 443 g/mol. The predicted molar refractivity (Wildman–Crippen MR) is 116 cm³/mol. The van der Waals surface area contributed by atoms with Crippen LogP contribution in [0.25, 0.3) is 0 Å². The van der Waals surface area contributed by atoms with Crippen LogP contribution in [0.15, 0.2) is 52.1 Å². The van der Waals surface area contributed by atoms with Crippen molar-refractivity contribution in [2.24, 2.45) is 4.99 Å². The van der Waals surface area contributed by atoms with E-state index in [1.165, 1.54) is 5.69 Å². The van der Waals surface area contributed by atoms with E-state index < -0.39 is 0 Å². The van der Waals surface area contributed by atoms with Crippen LogP contribution < -0.4 is 15.0 Å². The monoisotopic (exact) mass is 470 g/mol. The van der Waals surface area contributed by atoms with Gasteiger partial charge in [-0.3, -0.25) is 4.99 Å². The molecule has 0 bridgehead atoms. The second-order valence-corrected chi connectivity index (χ2v) is 5.98. The van der Waals surface area contributed by atoms with Crippen LogP contribution in [-0.4, -0.2) is 57.7 Å². The largest absolute Gasteiger partial charge is 0.497 e. The fraction of sp³-hybridized carbons (Fsp3) is 0.421. The van der Waals surface area contributed by atoms with Crippen molar-refractivity contribution in [1.29, 1.82) is 0 Å². The fourth-order valence-corrected chi connectivity index (χ4v) is 3.05. The lowest BCUT2D eigenvalue weighted by molar-refractivity contribution is 0.372. The Bertz CT molecular complexity index is 665. The minimum Gasteiger partial charge on any atom is -0.497 e. The minimum atomic E-state index is 0. The van der Waals surface area contributed by atoms with Crippen LogP contribution in [0, 0.1) is 0 Å². The number of nitrogens with zero attached hydrogens (tertiary/aromatic N) is 3. The SMILES string of the molecule is CN=C(NCCc1ccco1)N1CCN(c2ccc(OC)cc2)CC1.I. The molecule has 0 aliphatic carbocycles. The lowest BCUT2D eigenvalue weighted by atomic mass is 10.2. The molecule has 0 radical (unpaired) electrons. The molecule has 3 rings (SSSR count). The van der Waals surface area contributed by atoms with Crippen LogP contribution in [0.4, 0.5) is 5.69 Å². The number of furan rings is 1. The molecule has 2 aromatic rings. The standard InChI is InChI=1S/C19H26N4O2.HI/c1-20-19(21-10-9-18-4-3-15-25-18)23-13-11-22(12-14-23)16-5-7-17(24-2)8-6-16;/h3-8,15H,9-14H2,1-2H3,(H,20,21);1H. The van der Waals surface area contributed by atoms with Gasteiger partial charge in [-0.2, -0.15) is 0 Å². The average molecular weight is 470 g/mol.